The van der Waals surface area contributed by atoms with E-state index in [2.05, 4.69) is 37.0 Å². The topological polar surface area (TPSA) is 52.0 Å². The van der Waals surface area contributed by atoms with Crippen molar-refractivity contribution in [2.75, 3.05) is 5.73 Å². The van der Waals surface area contributed by atoms with E-state index in [1.165, 1.54) is 12.1 Å². The minimum absolute atomic E-state index is 0.202. The molecule has 0 unspecified atom stereocenters. The van der Waals surface area contributed by atoms with Crippen LogP contribution in [0, 0.1) is 5.82 Å². The lowest BCUT2D eigenvalue weighted by molar-refractivity contribution is 0.439. The van der Waals surface area contributed by atoms with Gasteiger partial charge in [0.15, 0.2) is 0 Å². The molecular weight excluding hydrogens is 403 g/mol. The fourth-order valence-electron chi connectivity index (χ4n) is 2.09. The molecular formula is C15H9Br2FN2O. The average molecular weight is 412 g/mol. The van der Waals surface area contributed by atoms with Crippen LogP contribution in [0.2, 0.25) is 0 Å². The van der Waals surface area contributed by atoms with Crippen LogP contribution in [0.5, 0.6) is 0 Å². The van der Waals surface area contributed by atoms with E-state index in [0.717, 1.165) is 10.0 Å². The predicted molar refractivity (Wildman–Crippen MR) is 87.1 cm³/mol. The maximum absolute atomic E-state index is 13.6. The second kappa shape index (κ2) is 5.61. The molecule has 0 amide bonds. The Hall–Kier alpha value is -1.66. The van der Waals surface area contributed by atoms with Crippen LogP contribution in [0.3, 0.4) is 0 Å². The first-order chi connectivity index (χ1) is 10.0. The van der Waals surface area contributed by atoms with Crippen LogP contribution >= 0.6 is 31.9 Å². The van der Waals surface area contributed by atoms with Crippen LogP contribution in [-0.2, 0) is 0 Å². The van der Waals surface area contributed by atoms with Crippen LogP contribution < -0.4 is 5.73 Å². The van der Waals surface area contributed by atoms with Gasteiger partial charge in [0.2, 0.25) is 5.88 Å². The van der Waals surface area contributed by atoms with E-state index in [4.69, 9.17) is 10.3 Å². The summed E-state index contributed by atoms with van der Waals surface area (Å²) >= 11 is 6.66. The molecule has 1 aromatic heterocycles. The van der Waals surface area contributed by atoms with Gasteiger partial charge in [0, 0.05) is 14.5 Å². The number of nitrogen functional groups attached to an aromatic ring is 1. The Bertz CT molecular complexity index is 780. The predicted octanol–water partition coefficient (Wildman–Crippen LogP) is 5.25. The lowest BCUT2D eigenvalue weighted by atomic mass is 10.0. The Kier molecular flexibility index (Phi) is 3.82. The molecule has 0 saturated heterocycles. The van der Waals surface area contributed by atoms with Crippen LogP contribution in [-0.4, -0.2) is 5.16 Å². The van der Waals surface area contributed by atoms with Crippen LogP contribution in [0.15, 0.2) is 55.9 Å². The van der Waals surface area contributed by atoms with Gasteiger partial charge in [-0.25, -0.2) is 4.39 Å². The summed E-state index contributed by atoms with van der Waals surface area (Å²) in [4.78, 5) is 0. The quantitative estimate of drug-likeness (QED) is 0.626. The molecule has 106 valence electrons. The zero-order valence-electron chi connectivity index (χ0n) is 10.6. The van der Waals surface area contributed by atoms with E-state index in [1.807, 2.05) is 24.3 Å². The summed E-state index contributed by atoms with van der Waals surface area (Å²) in [7, 11) is 0. The van der Waals surface area contributed by atoms with Crippen LogP contribution in [0.4, 0.5) is 10.3 Å². The molecule has 2 N–H and O–H groups in total. The number of anilines is 1. The van der Waals surface area contributed by atoms with E-state index < -0.39 is 0 Å². The van der Waals surface area contributed by atoms with E-state index in [1.54, 1.807) is 6.07 Å². The fourth-order valence-corrected chi connectivity index (χ4v) is 2.82. The Balaban J connectivity index is 2.19. The standard InChI is InChI=1S/C15H9Br2FN2O/c16-10-3-1-8(2-4-10)13-14(20-21-15(13)19)9-5-11(17)7-12(18)6-9/h1-7H,19H2. The molecule has 0 radical (unpaired) electrons. The zero-order valence-corrected chi connectivity index (χ0v) is 13.8. The van der Waals surface area contributed by atoms with Crippen LogP contribution in [0.25, 0.3) is 22.4 Å². The van der Waals surface area contributed by atoms with E-state index in [9.17, 15) is 4.39 Å². The minimum Gasteiger partial charge on any atom is -0.367 e. The third-order valence-electron chi connectivity index (χ3n) is 2.99. The summed E-state index contributed by atoms with van der Waals surface area (Å²) in [6.45, 7) is 0. The summed E-state index contributed by atoms with van der Waals surface area (Å²) in [5, 5.41) is 3.97. The highest BCUT2D eigenvalue weighted by Crippen LogP contribution is 2.37. The SMILES string of the molecule is Nc1onc(-c2cc(F)cc(Br)c2)c1-c1ccc(Br)cc1. The first-order valence-corrected chi connectivity index (χ1v) is 7.61. The number of halogens is 3. The zero-order chi connectivity index (χ0) is 15.0. The highest BCUT2D eigenvalue weighted by molar-refractivity contribution is 9.10. The van der Waals surface area contributed by atoms with Crippen molar-refractivity contribution in [3.05, 3.63) is 57.2 Å². The van der Waals surface area contributed by atoms with Gasteiger partial charge in [0.1, 0.15) is 11.5 Å². The van der Waals surface area contributed by atoms with Gasteiger partial charge in [-0.05, 0) is 35.9 Å². The van der Waals surface area contributed by atoms with Crippen molar-refractivity contribution < 1.29 is 8.91 Å². The molecule has 2 aromatic carbocycles. The lowest BCUT2D eigenvalue weighted by Crippen LogP contribution is -1.88. The van der Waals surface area contributed by atoms with Crippen molar-refractivity contribution in [2.24, 2.45) is 0 Å². The third-order valence-corrected chi connectivity index (χ3v) is 3.97. The van der Waals surface area contributed by atoms with Crippen LogP contribution in [0.1, 0.15) is 0 Å². The lowest BCUT2D eigenvalue weighted by Gasteiger charge is -2.04. The van der Waals surface area contributed by atoms with Gasteiger partial charge < -0.3 is 10.3 Å². The highest BCUT2D eigenvalue weighted by atomic mass is 79.9. The fraction of sp³-hybridized carbons (Fsp3) is 0. The molecule has 6 heteroatoms. The Labute approximate surface area is 137 Å². The minimum atomic E-state index is -0.359. The van der Waals surface area contributed by atoms with Gasteiger partial charge in [-0.3, -0.25) is 0 Å². The highest BCUT2D eigenvalue weighted by Gasteiger charge is 2.18. The number of benzene rings is 2. The second-order valence-electron chi connectivity index (χ2n) is 4.44. The molecule has 21 heavy (non-hydrogen) atoms. The van der Waals surface area contributed by atoms with Gasteiger partial charge in [-0.2, -0.15) is 0 Å². The first kappa shape index (κ1) is 14.3. The number of hydrogen-bond acceptors (Lipinski definition) is 3. The number of aromatic nitrogens is 1. The van der Waals surface area contributed by atoms with E-state index in [0.29, 0.717) is 21.3 Å². The summed E-state index contributed by atoms with van der Waals surface area (Å²) in [5.41, 5.74) is 8.49. The van der Waals surface area contributed by atoms with Crippen molar-refractivity contribution >= 4 is 37.7 Å². The molecule has 1 heterocycles. The molecule has 3 nitrogen and oxygen atoms in total. The van der Waals surface area contributed by atoms with Crippen molar-refractivity contribution in [1.82, 2.24) is 5.16 Å². The Morgan fingerprint density at radius 3 is 2.33 bits per heavy atom. The molecule has 0 bridgehead atoms. The number of rotatable bonds is 2. The van der Waals surface area contributed by atoms with E-state index in [-0.39, 0.29) is 11.7 Å². The molecule has 0 atom stereocenters. The summed E-state index contributed by atoms with van der Waals surface area (Å²) in [6, 6.07) is 12.1. The molecule has 0 aliphatic rings. The molecule has 0 aliphatic heterocycles. The summed E-state index contributed by atoms with van der Waals surface area (Å²) in [6.07, 6.45) is 0. The van der Waals surface area contributed by atoms with Crippen molar-refractivity contribution in [3.63, 3.8) is 0 Å². The van der Waals surface area contributed by atoms with Gasteiger partial charge in [0.05, 0.1) is 5.56 Å². The smallest absolute Gasteiger partial charge is 0.230 e. The number of nitrogens with zero attached hydrogens (tertiary/aromatic N) is 1. The summed E-state index contributed by atoms with van der Waals surface area (Å²) in [5.74, 6) is -0.157. The summed E-state index contributed by atoms with van der Waals surface area (Å²) < 4.78 is 20.3. The second-order valence-corrected chi connectivity index (χ2v) is 6.27. The van der Waals surface area contributed by atoms with Gasteiger partial charge in [0.25, 0.3) is 0 Å². The Morgan fingerprint density at radius 2 is 1.67 bits per heavy atom. The normalized spacial score (nSPS) is 10.8. The maximum Gasteiger partial charge on any atom is 0.230 e. The van der Waals surface area contributed by atoms with Gasteiger partial charge in [-0.1, -0.05) is 49.1 Å². The molecule has 3 aromatic rings. The number of nitrogens with two attached hydrogens (primary N) is 1. The van der Waals surface area contributed by atoms with Crippen molar-refractivity contribution in [2.45, 2.75) is 0 Å². The number of hydrogen-bond donors (Lipinski definition) is 1. The van der Waals surface area contributed by atoms with Gasteiger partial charge in [-0.15, -0.1) is 0 Å². The molecule has 0 saturated carbocycles. The van der Waals surface area contributed by atoms with Crippen molar-refractivity contribution in [3.8, 4) is 22.4 Å². The van der Waals surface area contributed by atoms with Crippen molar-refractivity contribution in [1.29, 1.82) is 0 Å². The molecule has 0 aliphatic carbocycles. The van der Waals surface area contributed by atoms with E-state index >= 15 is 0 Å². The third kappa shape index (κ3) is 2.87. The first-order valence-electron chi connectivity index (χ1n) is 6.02. The molecule has 3 rings (SSSR count). The largest absolute Gasteiger partial charge is 0.367 e. The maximum atomic E-state index is 13.6. The van der Waals surface area contributed by atoms with Gasteiger partial charge >= 0.3 is 0 Å². The molecule has 0 fully saturated rings. The average Bonchev–Trinajstić information content (AvgIpc) is 2.80. The molecule has 0 spiro atoms. The monoisotopic (exact) mass is 410 g/mol. The Morgan fingerprint density at radius 1 is 0.952 bits per heavy atom.